The van der Waals surface area contributed by atoms with Gasteiger partial charge in [0.05, 0.1) is 19.0 Å². The second-order valence-corrected chi connectivity index (χ2v) is 11.8. The van der Waals surface area contributed by atoms with Crippen LogP contribution in [-0.4, -0.2) is 53.6 Å². The molecule has 7 nitrogen and oxygen atoms in total. The molecule has 202 valence electrons. The van der Waals surface area contributed by atoms with Crippen molar-refractivity contribution in [3.8, 4) is 11.5 Å². The summed E-state index contributed by atoms with van der Waals surface area (Å²) in [5.74, 6) is 0.0923. The largest absolute Gasteiger partial charge is 0.497 e. The molecule has 0 radical (unpaired) electrons. The highest BCUT2D eigenvalue weighted by Gasteiger charge is 2.39. The summed E-state index contributed by atoms with van der Waals surface area (Å²) in [6.07, 6.45) is -1.01. The van der Waals surface area contributed by atoms with Crippen molar-refractivity contribution in [3.63, 3.8) is 0 Å². The van der Waals surface area contributed by atoms with Gasteiger partial charge in [-0.2, -0.15) is 0 Å². The summed E-state index contributed by atoms with van der Waals surface area (Å²) >= 11 is 18.2. The van der Waals surface area contributed by atoms with E-state index in [0.29, 0.717) is 11.5 Å². The summed E-state index contributed by atoms with van der Waals surface area (Å²) in [5.41, 5.74) is 2.66. The van der Waals surface area contributed by atoms with Crippen LogP contribution >= 0.6 is 46.6 Å². The van der Waals surface area contributed by atoms with Gasteiger partial charge in [-0.05, 0) is 41.0 Å². The maximum absolute atomic E-state index is 12.3. The molecule has 0 aliphatic rings. The number of aliphatic carboxylic acids is 1. The van der Waals surface area contributed by atoms with Crippen LogP contribution in [0.4, 0.5) is 4.79 Å². The van der Waals surface area contributed by atoms with Crippen LogP contribution in [0.1, 0.15) is 16.7 Å². The molecule has 3 aromatic rings. The van der Waals surface area contributed by atoms with Crippen LogP contribution in [0.25, 0.3) is 0 Å². The lowest BCUT2D eigenvalue weighted by Gasteiger charge is -2.36. The Hall–Kier alpha value is -2.78. The minimum atomic E-state index is -1.82. The van der Waals surface area contributed by atoms with Crippen molar-refractivity contribution in [1.29, 1.82) is 0 Å². The average Bonchev–Trinajstić information content (AvgIpc) is 2.92. The number of hydrogen-bond acceptors (Lipinski definition) is 6. The fourth-order valence-corrected chi connectivity index (χ4v) is 5.50. The number of methoxy groups -OCH3 is 2. The molecule has 38 heavy (non-hydrogen) atoms. The Morgan fingerprint density at radius 1 is 0.842 bits per heavy atom. The predicted octanol–water partition coefficient (Wildman–Crippen LogP) is 6.28. The van der Waals surface area contributed by atoms with Crippen LogP contribution in [0.5, 0.6) is 11.5 Å². The van der Waals surface area contributed by atoms with E-state index in [2.05, 4.69) is 5.32 Å². The third-order valence-electron chi connectivity index (χ3n) is 5.60. The summed E-state index contributed by atoms with van der Waals surface area (Å²) in [5, 5.41) is 12.3. The lowest BCUT2D eigenvalue weighted by Crippen LogP contribution is -2.44. The zero-order valence-electron chi connectivity index (χ0n) is 20.5. The van der Waals surface area contributed by atoms with Crippen molar-refractivity contribution in [2.24, 2.45) is 0 Å². The number of hydrogen-bond donors (Lipinski definition) is 2. The first kappa shape index (κ1) is 29.8. The number of nitrogens with one attached hydrogen (secondary N) is 1. The van der Waals surface area contributed by atoms with Crippen molar-refractivity contribution < 1.29 is 28.9 Å². The van der Waals surface area contributed by atoms with Gasteiger partial charge >= 0.3 is 12.1 Å². The average molecular weight is 599 g/mol. The fraction of sp³-hybridized carbons (Fsp3) is 0.259. The zero-order valence-corrected chi connectivity index (χ0v) is 23.6. The number of ether oxygens (including phenoxy) is 3. The second-order valence-electron chi connectivity index (χ2n) is 8.04. The topological polar surface area (TPSA) is 94.1 Å². The smallest absolute Gasteiger partial charge is 0.408 e. The van der Waals surface area contributed by atoms with E-state index >= 15 is 0 Å². The van der Waals surface area contributed by atoms with Gasteiger partial charge < -0.3 is 24.6 Å². The van der Waals surface area contributed by atoms with Crippen LogP contribution in [0, 0.1) is 0 Å². The van der Waals surface area contributed by atoms with Crippen molar-refractivity contribution >= 4 is 58.6 Å². The molecule has 1 amide bonds. The summed E-state index contributed by atoms with van der Waals surface area (Å²) < 4.78 is 12.9. The van der Waals surface area contributed by atoms with Gasteiger partial charge in [0.25, 0.3) is 0 Å². The van der Waals surface area contributed by atoms with Gasteiger partial charge in [-0.25, -0.2) is 9.59 Å². The molecular weight excluding hydrogens is 573 g/mol. The van der Waals surface area contributed by atoms with Crippen LogP contribution < -0.4 is 14.8 Å². The molecule has 0 spiro atoms. The van der Waals surface area contributed by atoms with Gasteiger partial charge in [-0.3, -0.25) is 0 Å². The van der Waals surface area contributed by atoms with Crippen LogP contribution in [0.2, 0.25) is 0 Å². The number of alkyl carbamates (subject to hydrolysis) is 1. The Labute approximate surface area is 240 Å². The van der Waals surface area contributed by atoms with Crippen molar-refractivity contribution in [1.82, 2.24) is 5.32 Å². The minimum absolute atomic E-state index is 0.0227. The number of carbonyl (C=O) groups excluding carboxylic acids is 1. The lowest BCUT2D eigenvalue weighted by molar-refractivity contribution is -0.138. The van der Waals surface area contributed by atoms with E-state index in [-0.39, 0.29) is 5.75 Å². The van der Waals surface area contributed by atoms with Crippen molar-refractivity contribution in [2.45, 2.75) is 14.6 Å². The van der Waals surface area contributed by atoms with E-state index in [1.54, 1.807) is 14.2 Å². The van der Waals surface area contributed by atoms with Gasteiger partial charge in [0.2, 0.25) is 3.79 Å². The Balaban J connectivity index is 2.05. The third-order valence-corrected chi connectivity index (χ3v) is 7.56. The first-order valence-corrected chi connectivity index (χ1v) is 13.4. The summed E-state index contributed by atoms with van der Waals surface area (Å²) in [6, 6.07) is 23.5. The second kappa shape index (κ2) is 13.3. The number of carboxylic acid groups (broad SMARTS) is 1. The maximum Gasteiger partial charge on any atom is 0.408 e. The van der Waals surface area contributed by atoms with Crippen molar-refractivity contribution in [2.75, 3.05) is 26.6 Å². The highest BCUT2D eigenvalue weighted by Crippen LogP contribution is 2.49. The highest BCUT2D eigenvalue weighted by atomic mass is 35.6. The van der Waals surface area contributed by atoms with Gasteiger partial charge in [-0.15, -0.1) is 11.8 Å². The number of amides is 1. The monoisotopic (exact) mass is 597 g/mol. The SMILES string of the molecule is COc1ccc(C(SC[C@H](NC(=O)OCC(Cl)(Cl)Cl)C(=O)O)(c2ccccc2)c2ccc(OC)cc2)cc1. The molecule has 0 saturated carbocycles. The molecule has 11 heteroatoms. The van der Waals surface area contributed by atoms with Crippen LogP contribution in [-0.2, 0) is 14.3 Å². The first-order chi connectivity index (χ1) is 18.1. The molecule has 3 rings (SSSR count). The van der Waals surface area contributed by atoms with Gasteiger partial charge in [0.15, 0.2) is 0 Å². The summed E-state index contributed by atoms with van der Waals surface area (Å²) in [4.78, 5) is 24.4. The minimum Gasteiger partial charge on any atom is -0.497 e. The van der Waals surface area contributed by atoms with E-state index in [9.17, 15) is 14.7 Å². The fourth-order valence-electron chi connectivity index (χ4n) is 3.79. The molecule has 0 heterocycles. The van der Waals surface area contributed by atoms with E-state index < -0.39 is 33.3 Å². The molecule has 0 fully saturated rings. The quantitative estimate of drug-likeness (QED) is 0.198. The normalized spacial score (nSPS) is 12.3. The number of carbonyl (C=O) groups is 2. The molecule has 2 N–H and O–H groups in total. The number of carboxylic acids is 1. The van der Waals surface area contributed by atoms with Crippen molar-refractivity contribution in [3.05, 3.63) is 95.6 Å². The molecule has 3 aromatic carbocycles. The number of alkyl halides is 3. The number of benzene rings is 3. The first-order valence-electron chi connectivity index (χ1n) is 11.3. The van der Waals surface area contributed by atoms with E-state index in [1.807, 2.05) is 78.9 Å². The molecule has 0 aliphatic heterocycles. The molecule has 0 unspecified atom stereocenters. The lowest BCUT2D eigenvalue weighted by atomic mass is 9.84. The molecular formula is C27H26Cl3NO6S. The number of rotatable bonds is 11. The summed E-state index contributed by atoms with van der Waals surface area (Å²) in [7, 11) is 3.17. The Kier molecular flexibility index (Phi) is 10.4. The highest BCUT2D eigenvalue weighted by molar-refractivity contribution is 8.00. The van der Waals surface area contributed by atoms with Crippen LogP contribution in [0.3, 0.4) is 0 Å². The maximum atomic E-state index is 12.3. The molecule has 1 atom stereocenters. The van der Waals surface area contributed by atoms with Gasteiger partial charge in [0, 0.05) is 5.75 Å². The Morgan fingerprint density at radius 2 is 1.32 bits per heavy atom. The standard InChI is InChI=1S/C27H26Cl3NO6S/c1-35-21-12-8-19(9-13-21)27(18-6-4-3-5-7-18,20-10-14-22(36-2)15-11-20)38-16-23(24(32)33)31-25(34)37-17-26(28,29)30/h3-15,23H,16-17H2,1-2H3,(H,31,34)(H,32,33)/t23-/m0/s1. The molecule has 0 aliphatic carbocycles. The van der Waals surface area contributed by atoms with E-state index in [1.165, 1.54) is 11.8 Å². The Morgan fingerprint density at radius 3 is 1.74 bits per heavy atom. The van der Waals surface area contributed by atoms with Gasteiger partial charge in [-0.1, -0.05) is 89.4 Å². The molecule has 0 saturated heterocycles. The molecule has 0 aromatic heterocycles. The summed E-state index contributed by atoms with van der Waals surface area (Å²) in [6.45, 7) is -0.533. The van der Waals surface area contributed by atoms with Gasteiger partial charge in [0.1, 0.15) is 24.1 Å². The van der Waals surface area contributed by atoms with E-state index in [0.717, 1.165) is 16.7 Å². The third kappa shape index (κ3) is 7.63. The van der Waals surface area contributed by atoms with E-state index in [4.69, 9.17) is 49.0 Å². The number of thioether (sulfide) groups is 1. The zero-order chi connectivity index (χ0) is 27.8. The Bertz CT molecular complexity index is 1160. The molecule has 0 bridgehead atoms. The predicted molar refractivity (Wildman–Crippen MR) is 151 cm³/mol. The van der Waals surface area contributed by atoms with Crippen LogP contribution in [0.15, 0.2) is 78.9 Å². The number of halogens is 3.